The number of rotatable bonds is 26. The molecule has 6 N–H and O–H groups in total. The Balaban J connectivity index is 1.02. The van der Waals surface area contributed by atoms with Crippen LogP contribution in [0.2, 0.25) is 0 Å². The number of aromatic nitrogens is 2. The Morgan fingerprint density at radius 2 is 1.22 bits per heavy atom. The standard InChI is InChI=1S/C62H79F3N8O10S2/c1-8-25-72-42(29-48-53(15-10-16-57(48)72)68-54-21-27-70(36-51(54)64)34-44(74)38-80-3)13-11-23-66-56-19-18-46(32-59(56)82-5)85(78,79)40-41-17-20-58-49(61(41)69-55-22-28-71(37-52(55)65)35-45(75)39-81-4)30-43(73(58)26-9-2)14-12-24-67-62-50(63)31-47(84(7,76)77)33-60(62)83-6/h10,15-20,29-33,44-45,51-52,54-55,66-69,74-75H,8-9,21-28,34-40H2,1-7H3/t44-,45-,51-,52-,54+,55+/m1/s1. The molecule has 18 nitrogen and oxygen atoms in total. The fourth-order valence-electron chi connectivity index (χ4n) is 11.2. The molecule has 2 aliphatic heterocycles. The molecule has 460 valence electrons. The van der Waals surface area contributed by atoms with Gasteiger partial charge in [0.1, 0.15) is 29.5 Å². The molecule has 2 aromatic heterocycles. The number of benzene rings is 4. The summed E-state index contributed by atoms with van der Waals surface area (Å²) in [5.41, 5.74) is 5.17. The third-order valence-electron chi connectivity index (χ3n) is 15.3. The maximum absolute atomic E-state index is 16.3. The van der Waals surface area contributed by atoms with Crippen molar-refractivity contribution in [1.29, 1.82) is 0 Å². The predicted octanol–water partition coefficient (Wildman–Crippen LogP) is 7.54. The monoisotopic (exact) mass is 1220 g/mol. The zero-order chi connectivity index (χ0) is 61.0. The first kappa shape index (κ1) is 64.3. The average Bonchev–Trinajstić information content (AvgIpc) is 2.46. The molecule has 2 fully saturated rings. The topological polar surface area (TPSA) is 210 Å². The number of hydrogen-bond donors (Lipinski definition) is 6. The second-order valence-electron chi connectivity index (χ2n) is 21.7. The largest absolute Gasteiger partial charge is 0.495 e. The van der Waals surface area contributed by atoms with Gasteiger partial charge in [0, 0.05) is 107 Å². The summed E-state index contributed by atoms with van der Waals surface area (Å²) in [6.07, 6.45) is -0.546. The first-order valence-electron chi connectivity index (χ1n) is 28.6. The van der Waals surface area contributed by atoms with E-state index < -0.39 is 67.9 Å². The van der Waals surface area contributed by atoms with Crippen LogP contribution in [0.3, 0.4) is 0 Å². The highest BCUT2D eigenvalue weighted by atomic mass is 32.2. The highest BCUT2D eigenvalue weighted by molar-refractivity contribution is 7.91. The van der Waals surface area contributed by atoms with Gasteiger partial charge in [-0.05, 0) is 91.6 Å². The Hall–Kier alpha value is -6.67. The molecule has 0 bridgehead atoms. The van der Waals surface area contributed by atoms with Crippen molar-refractivity contribution in [2.45, 2.75) is 105 Å². The van der Waals surface area contributed by atoms with Gasteiger partial charge in [0.05, 0.1) is 108 Å². The average molecular weight is 1220 g/mol. The molecule has 4 aromatic carbocycles. The predicted molar refractivity (Wildman–Crippen MR) is 328 cm³/mol. The second kappa shape index (κ2) is 29.1. The van der Waals surface area contributed by atoms with Gasteiger partial charge in [-0.1, -0.05) is 37.8 Å². The molecule has 0 saturated carbocycles. The minimum atomic E-state index is -4.10. The molecule has 2 aliphatic rings. The maximum Gasteiger partial charge on any atom is 0.182 e. The number of sulfone groups is 2. The van der Waals surface area contributed by atoms with Gasteiger partial charge in [-0.2, -0.15) is 0 Å². The van der Waals surface area contributed by atoms with Gasteiger partial charge in [0.25, 0.3) is 0 Å². The molecule has 6 aromatic rings. The minimum Gasteiger partial charge on any atom is -0.495 e. The van der Waals surface area contributed by atoms with Crippen LogP contribution in [0.25, 0.3) is 21.8 Å². The number of hydrogen-bond acceptors (Lipinski definition) is 16. The normalized spacial score (nSPS) is 18.5. The van der Waals surface area contributed by atoms with E-state index in [4.69, 9.17) is 18.9 Å². The SMILES string of the molecule is CCCn1c(C#CCNc2ccc(S(=O)(=O)Cc3ccc4c(cc(C#CCNc5c(F)cc(S(C)(=O)=O)cc5OC)n4CCC)c3N[C@H]3CCN(C[C@@H](O)COC)C[C@H]3F)cc2OC)cc2c(N[C@H]3CCN(C[C@@H](O)COC)C[C@H]3F)cccc21. The minimum absolute atomic E-state index is 0.000960. The van der Waals surface area contributed by atoms with E-state index in [0.717, 1.165) is 46.5 Å². The number of aliphatic hydroxyl groups is 2. The molecule has 0 amide bonds. The summed E-state index contributed by atoms with van der Waals surface area (Å²) >= 11 is 0. The number of alkyl halides is 2. The van der Waals surface area contributed by atoms with Crippen molar-refractivity contribution in [2.75, 3.05) is 122 Å². The first-order valence-corrected chi connectivity index (χ1v) is 32.1. The Kier molecular flexibility index (Phi) is 22.1. The van der Waals surface area contributed by atoms with Crippen LogP contribution in [-0.2, 0) is 48.0 Å². The zero-order valence-electron chi connectivity index (χ0n) is 49.3. The van der Waals surface area contributed by atoms with E-state index >= 15 is 13.2 Å². The molecular weight excluding hydrogens is 1140 g/mol. The first-order chi connectivity index (χ1) is 40.8. The lowest BCUT2D eigenvalue weighted by molar-refractivity contribution is 0.0214. The van der Waals surface area contributed by atoms with Crippen LogP contribution >= 0.6 is 0 Å². The number of anilines is 4. The third kappa shape index (κ3) is 15.9. The molecule has 0 radical (unpaired) electrons. The van der Waals surface area contributed by atoms with E-state index in [9.17, 15) is 27.0 Å². The van der Waals surface area contributed by atoms with E-state index in [2.05, 4.69) is 56.4 Å². The van der Waals surface area contributed by atoms with Gasteiger partial charge in [0.15, 0.2) is 25.5 Å². The fourth-order valence-corrected chi connectivity index (χ4v) is 13.2. The lowest BCUT2D eigenvalue weighted by Crippen LogP contribution is -2.50. The smallest absolute Gasteiger partial charge is 0.182 e. The molecule has 23 heteroatoms. The molecular formula is C62H79F3N8O10S2. The summed E-state index contributed by atoms with van der Waals surface area (Å²) in [5, 5.41) is 35.3. The highest BCUT2D eigenvalue weighted by Gasteiger charge is 2.33. The molecule has 4 heterocycles. The van der Waals surface area contributed by atoms with Crippen molar-refractivity contribution < 1.29 is 59.2 Å². The quantitative estimate of drug-likeness (QED) is 0.0290. The Morgan fingerprint density at radius 3 is 1.79 bits per heavy atom. The number of methoxy groups -OCH3 is 4. The summed E-state index contributed by atoms with van der Waals surface area (Å²) in [4.78, 5) is 3.54. The number of β-amino-alcohol motifs (C(OH)–C–C–N with tert-alkyl or cyclic N) is 2. The van der Waals surface area contributed by atoms with Crippen LogP contribution in [0.4, 0.5) is 35.9 Å². The van der Waals surface area contributed by atoms with Gasteiger partial charge in [-0.3, -0.25) is 9.80 Å². The van der Waals surface area contributed by atoms with Crippen molar-refractivity contribution in [3.05, 3.63) is 95.6 Å². The number of ether oxygens (including phenoxy) is 4. The van der Waals surface area contributed by atoms with Gasteiger partial charge in [0.2, 0.25) is 0 Å². The van der Waals surface area contributed by atoms with Crippen LogP contribution in [0.5, 0.6) is 11.5 Å². The van der Waals surface area contributed by atoms with Crippen LogP contribution in [0.15, 0.2) is 82.6 Å². The third-order valence-corrected chi connectivity index (χ3v) is 18.1. The number of fused-ring (bicyclic) bond motifs is 2. The van der Waals surface area contributed by atoms with Crippen molar-refractivity contribution in [2.24, 2.45) is 0 Å². The summed E-state index contributed by atoms with van der Waals surface area (Å²) in [6, 6.07) is 19.0. The summed E-state index contributed by atoms with van der Waals surface area (Å²) < 4.78 is 126. The molecule has 0 aliphatic carbocycles. The lowest BCUT2D eigenvalue weighted by atomic mass is 10.0. The number of nitrogens with one attached hydrogen (secondary N) is 4. The lowest BCUT2D eigenvalue weighted by Gasteiger charge is -2.36. The van der Waals surface area contributed by atoms with E-state index in [-0.39, 0.29) is 72.9 Å². The van der Waals surface area contributed by atoms with Crippen molar-refractivity contribution >= 4 is 64.2 Å². The van der Waals surface area contributed by atoms with E-state index in [1.165, 1.54) is 46.6 Å². The molecule has 0 unspecified atom stereocenters. The van der Waals surface area contributed by atoms with Crippen molar-refractivity contribution in [3.63, 3.8) is 0 Å². The number of aryl methyl sites for hydroxylation is 2. The number of halogens is 3. The van der Waals surface area contributed by atoms with Crippen LogP contribution in [0.1, 0.15) is 56.5 Å². The number of piperidine rings is 2. The Bertz CT molecular complexity index is 3650. The molecule has 2 saturated heterocycles. The molecule has 0 spiro atoms. The zero-order valence-corrected chi connectivity index (χ0v) is 50.9. The van der Waals surface area contributed by atoms with Crippen LogP contribution in [0, 0.1) is 29.5 Å². The van der Waals surface area contributed by atoms with E-state index in [1.54, 1.807) is 12.1 Å². The second-order valence-corrected chi connectivity index (χ2v) is 25.7. The van der Waals surface area contributed by atoms with Gasteiger partial charge < -0.3 is 59.6 Å². The summed E-state index contributed by atoms with van der Waals surface area (Å²) in [5.74, 6) is 11.7. The van der Waals surface area contributed by atoms with Crippen molar-refractivity contribution in [1.82, 2.24) is 18.9 Å². The van der Waals surface area contributed by atoms with Gasteiger partial charge >= 0.3 is 0 Å². The summed E-state index contributed by atoms with van der Waals surface area (Å²) in [6.45, 7) is 7.70. The van der Waals surface area contributed by atoms with Crippen LogP contribution in [-0.4, -0.2) is 183 Å². The van der Waals surface area contributed by atoms with E-state index in [1.807, 2.05) is 57.7 Å². The van der Waals surface area contributed by atoms with Crippen molar-refractivity contribution in [3.8, 4) is 35.2 Å². The van der Waals surface area contributed by atoms with Gasteiger partial charge in [-0.15, -0.1) is 0 Å². The number of nitrogens with zero attached hydrogens (tertiary/aromatic N) is 4. The Morgan fingerprint density at radius 1 is 0.659 bits per heavy atom. The number of likely N-dealkylation sites (tertiary alicyclic amines) is 2. The van der Waals surface area contributed by atoms with E-state index in [0.29, 0.717) is 80.0 Å². The van der Waals surface area contributed by atoms with Crippen LogP contribution < -0.4 is 30.7 Å². The fraction of sp³-hybridized carbons (Fsp3) is 0.484. The summed E-state index contributed by atoms with van der Waals surface area (Å²) in [7, 11) is -2.04. The molecule has 8 rings (SSSR count). The van der Waals surface area contributed by atoms with Gasteiger partial charge in [-0.25, -0.2) is 30.0 Å². The Labute approximate surface area is 497 Å². The highest BCUT2D eigenvalue weighted by Crippen LogP contribution is 2.37. The number of aliphatic hydroxyl groups excluding tert-OH is 2. The molecule has 6 atom stereocenters. The maximum atomic E-state index is 16.3. The molecule has 85 heavy (non-hydrogen) atoms.